The van der Waals surface area contributed by atoms with Crippen molar-refractivity contribution >= 4 is 0 Å². The molecule has 0 aliphatic rings. The Morgan fingerprint density at radius 2 is 2.06 bits per heavy atom. The molecule has 0 amide bonds. The summed E-state index contributed by atoms with van der Waals surface area (Å²) in [6.45, 7) is 10.6. The van der Waals surface area contributed by atoms with Crippen molar-refractivity contribution in [2.24, 2.45) is 5.41 Å². The number of aryl methyl sites for hydroxylation is 1. The highest BCUT2D eigenvalue weighted by Gasteiger charge is 2.02. The summed E-state index contributed by atoms with van der Waals surface area (Å²) < 4.78 is 5.62. The molecule has 1 N–H and O–H groups in total. The smallest absolute Gasteiger partial charge is 0.119 e. The van der Waals surface area contributed by atoms with E-state index in [4.69, 9.17) is 4.74 Å². The van der Waals surface area contributed by atoms with E-state index in [2.05, 4.69) is 50.9 Å². The van der Waals surface area contributed by atoms with E-state index in [-0.39, 0.29) is 5.41 Å². The molecule has 0 radical (unpaired) electrons. The van der Waals surface area contributed by atoms with Gasteiger partial charge in [-0.1, -0.05) is 24.0 Å². The fourth-order valence-corrected chi connectivity index (χ4v) is 1.41. The van der Waals surface area contributed by atoms with Gasteiger partial charge in [-0.15, -0.1) is 0 Å². The van der Waals surface area contributed by atoms with Gasteiger partial charge in [-0.05, 0) is 45.4 Å². The second-order valence-corrected chi connectivity index (χ2v) is 5.39. The van der Waals surface area contributed by atoms with E-state index in [1.54, 1.807) is 0 Å². The van der Waals surface area contributed by atoms with Crippen molar-refractivity contribution in [3.63, 3.8) is 0 Å². The summed E-state index contributed by atoms with van der Waals surface area (Å²) in [7, 11) is 0. The summed E-state index contributed by atoms with van der Waals surface area (Å²) in [6, 6.07) is 8.09. The Balaban J connectivity index is 2.14. The second kappa shape index (κ2) is 7.08. The largest absolute Gasteiger partial charge is 0.492 e. The molecule has 2 heteroatoms. The van der Waals surface area contributed by atoms with Crippen LogP contribution in [0.3, 0.4) is 0 Å². The molecule has 0 saturated heterocycles. The Hall–Kier alpha value is -1.46. The average Bonchev–Trinajstić information content (AvgIpc) is 2.26. The molecule has 2 nitrogen and oxygen atoms in total. The molecule has 0 atom stereocenters. The van der Waals surface area contributed by atoms with Gasteiger partial charge in [-0.25, -0.2) is 0 Å². The summed E-state index contributed by atoms with van der Waals surface area (Å²) in [5.74, 6) is 7.23. The third-order valence-corrected chi connectivity index (χ3v) is 2.21. The maximum absolute atomic E-state index is 5.62. The third-order valence-electron chi connectivity index (χ3n) is 2.21. The number of nitrogens with one attached hydrogen (secondary N) is 1. The number of ether oxygens (including phenoxy) is 1. The van der Waals surface area contributed by atoms with Crippen molar-refractivity contribution in [1.29, 1.82) is 0 Å². The number of hydrogen-bond donors (Lipinski definition) is 1. The van der Waals surface area contributed by atoms with Gasteiger partial charge in [0.05, 0.1) is 6.54 Å². The highest BCUT2D eigenvalue weighted by molar-refractivity contribution is 5.27. The van der Waals surface area contributed by atoms with Gasteiger partial charge >= 0.3 is 0 Å². The number of benzene rings is 1. The van der Waals surface area contributed by atoms with Crippen molar-refractivity contribution in [1.82, 2.24) is 5.32 Å². The standard InChI is InChI=1S/C16H23NO/c1-14-7-5-8-15(13-14)18-12-11-17-10-6-9-16(2,3)4/h5,7-8,13,17H,10-12H2,1-4H3. The van der Waals surface area contributed by atoms with Crippen molar-refractivity contribution in [2.45, 2.75) is 27.7 Å². The first-order valence-electron chi connectivity index (χ1n) is 6.37. The van der Waals surface area contributed by atoms with E-state index in [0.29, 0.717) is 13.2 Å². The number of rotatable bonds is 5. The lowest BCUT2D eigenvalue weighted by molar-refractivity contribution is 0.316. The van der Waals surface area contributed by atoms with Crippen LogP contribution in [0.4, 0.5) is 0 Å². The fourth-order valence-electron chi connectivity index (χ4n) is 1.41. The van der Waals surface area contributed by atoms with Gasteiger partial charge in [0.1, 0.15) is 12.4 Å². The SMILES string of the molecule is Cc1cccc(OCCNCC#CC(C)(C)C)c1. The molecule has 0 aliphatic heterocycles. The van der Waals surface area contributed by atoms with Crippen molar-refractivity contribution in [3.05, 3.63) is 29.8 Å². The highest BCUT2D eigenvalue weighted by atomic mass is 16.5. The first-order chi connectivity index (χ1) is 8.47. The second-order valence-electron chi connectivity index (χ2n) is 5.39. The van der Waals surface area contributed by atoms with Crippen LogP contribution in [0.15, 0.2) is 24.3 Å². The molecule has 0 aliphatic carbocycles. The van der Waals surface area contributed by atoms with Crippen LogP contribution in [-0.4, -0.2) is 19.7 Å². The summed E-state index contributed by atoms with van der Waals surface area (Å²) in [4.78, 5) is 0. The summed E-state index contributed by atoms with van der Waals surface area (Å²) in [5.41, 5.74) is 1.30. The monoisotopic (exact) mass is 245 g/mol. The molecule has 0 spiro atoms. The van der Waals surface area contributed by atoms with Gasteiger partial charge in [0.2, 0.25) is 0 Å². The summed E-state index contributed by atoms with van der Waals surface area (Å²) in [5, 5.41) is 3.24. The maximum atomic E-state index is 5.62. The molecule has 1 aromatic carbocycles. The molecule has 1 rings (SSSR count). The quantitative estimate of drug-likeness (QED) is 0.636. The van der Waals surface area contributed by atoms with Crippen LogP contribution >= 0.6 is 0 Å². The topological polar surface area (TPSA) is 21.3 Å². The molecule has 0 fully saturated rings. The zero-order valence-corrected chi connectivity index (χ0v) is 11.8. The van der Waals surface area contributed by atoms with Crippen LogP contribution in [0.2, 0.25) is 0 Å². The molecular formula is C16H23NO. The molecule has 98 valence electrons. The van der Waals surface area contributed by atoms with E-state index in [1.807, 2.05) is 18.2 Å². The van der Waals surface area contributed by atoms with E-state index < -0.39 is 0 Å². The zero-order chi connectivity index (χ0) is 13.4. The van der Waals surface area contributed by atoms with Crippen LogP contribution < -0.4 is 10.1 Å². The lowest BCUT2D eigenvalue weighted by atomic mass is 9.98. The summed E-state index contributed by atoms with van der Waals surface area (Å²) >= 11 is 0. The molecule has 1 aromatic rings. The van der Waals surface area contributed by atoms with Crippen LogP contribution in [0.5, 0.6) is 5.75 Å². The molecule has 0 aromatic heterocycles. The molecule has 18 heavy (non-hydrogen) atoms. The van der Waals surface area contributed by atoms with Crippen molar-refractivity contribution in [2.75, 3.05) is 19.7 Å². The predicted molar refractivity (Wildman–Crippen MR) is 76.8 cm³/mol. The Labute approximate surface area is 111 Å². The Morgan fingerprint density at radius 1 is 1.28 bits per heavy atom. The first-order valence-corrected chi connectivity index (χ1v) is 6.37. The van der Waals surface area contributed by atoms with Crippen LogP contribution in [0.25, 0.3) is 0 Å². The Kier molecular flexibility index (Phi) is 5.74. The van der Waals surface area contributed by atoms with Crippen LogP contribution in [0.1, 0.15) is 26.3 Å². The van der Waals surface area contributed by atoms with Gasteiger partial charge < -0.3 is 10.1 Å². The Morgan fingerprint density at radius 3 is 2.72 bits per heavy atom. The Bertz CT molecular complexity index is 421. The first kappa shape index (κ1) is 14.6. The van der Waals surface area contributed by atoms with E-state index in [9.17, 15) is 0 Å². The van der Waals surface area contributed by atoms with E-state index in [0.717, 1.165) is 12.3 Å². The van der Waals surface area contributed by atoms with Gasteiger partial charge in [0, 0.05) is 12.0 Å². The minimum Gasteiger partial charge on any atom is -0.492 e. The summed E-state index contributed by atoms with van der Waals surface area (Å²) in [6.07, 6.45) is 0. The number of hydrogen-bond acceptors (Lipinski definition) is 2. The third kappa shape index (κ3) is 6.98. The molecule has 0 heterocycles. The average molecular weight is 245 g/mol. The van der Waals surface area contributed by atoms with Crippen LogP contribution in [-0.2, 0) is 0 Å². The fraction of sp³-hybridized carbons (Fsp3) is 0.500. The van der Waals surface area contributed by atoms with Crippen LogP contribution in [0, 0.1) is 24.2 Å². The van der Waals surface area contributed by atoms with Crippen molar-refractivity contribution < 1.29 is 4.74 Å². The molecule has 0 bridgehead atoms. The lowest BCUT2D eigenvalue weighted by Crippen LogP contribution is -2.21. The predicted octanol–water partition coefficient (Wildman–Crippen LogP) is 3.01. The molecular weight excluding hydrogens is 222 g/mol. The minimum atomic E-state index is 0.0831. The van der Waals surface area contributed by atoms with Gasteiger partial charge in [-0.2, -0.15) is 0 Å². The van der Waals surface area contributed by atoms with E-state index >= 15 is 0 Å². The molecule has 0 saturated carbocycles. The van der Waals surface area contributed by atoms with Gasteiger partial charge in [-0.3, -0.25) is 0 Å². The van der Waals surface area contributed by atoms with E-state index in [1.165, 1.54) is 5.56 Å². The zero-order valence-electron chi connectivity index (χ0n) is 11.8. The minimum absolute atomic E-state index is 0.0831. The van der Waals surface area contributed by atoms with Gasteiger partial charge in [0.15, 0.2) is 0 Å². The molecule has 0 unspecified atom stereocenters. The highest BCUT2D eigenvalue weighted by Crippen LogP contribution is 2.11. The van der Waals surface area contributed by atoms with Crippen molar-refractivity contribution in [3.8, 4) is 17.6 Å². The maximum Gasteiger partial charge on any atom is 0.119 e. The normalized spacial score (nSPS) is 10.7. The lowest BCUT2D eigenvalue weighted by Gasteiger charge is -2.08. The van der Waals surface area contributed by atoms with Gasteiger partial charge in [0.25, 0.3) is 0 Å².